The maximum absolute atomic E-state index is 12.7. The lowest BCUT2D eigenvalue weighted by atomic mass is 10.1. The average Bonchev–Trinajstić information content (AvgIpc) is 2.97. The number of rotatable bonds is 10. The third-order valence-corrected chi connectivity index (χ3v) is 7.17. The normalized spacial score (nSPS) is 11.1. The average molecular weight is 555 g/mol. The third-order valence-electron chi connectivity index (χ3n) is 5.76. The molecule has 0 aliphatic heterocycles. The van der Waals surface area contributed by atoms with Crippen molar-refractivity contribution >= 4 is 27.5 Å². The molecule has 10 nitrogen and oxygen atoms in total. The molecule has 0 spiro atoms. The molecule has 5 rings (SSSR count). The Hall–Kier alpha value is -5.00. The van der Waals surface area contributed by atoms with Crippen LogP contribution in [-0.2, 0) is 16.6 Å². The molecular weight excluding hydrogens is 528 g/mol. The lowest BCUT2D eigenvalue weighted by molar-refractivity contribution is 0.414. The number of ether oxygens (including phenoxy) is 2. The van der Waals surface area contributed by atoms with Crippen molar-refractivity contribution in [2.75, 3.05) is 18.2 Å². The molecule has 2 heterocycles. The van der Waals surface area contributed by atoms with Crippen LogP contribution in [0.3, 0.4) is 0 Å². The lowest BCUT2D eigenvalue weighted by Crippen LogP contribution is -2.23. The molecule has 0 unspecified atom stereocenters. The molecule has 202 valence electrons. The number of nitrogens with zero attached hydrogens (tertiary/aromatic N) is 3. The number of nitrogens with one attached hydrogen (secondary N) is 2. The Bertz CT molecular complexity index is 1720. The summed E-state index contributed by atoms with van der Waals surface area (Å²) in [6.45, 7) is -0.00790. The molecule has 2 aromatic heterocycles. The first-order valence-electron chi connectivity index (χ1n) is 12.2. The van der Waals surface area contributed by atoms with Crippen molar-refractivity contribution in [1.29, 1.82) is 0 Å². The molecule has 0 radical (unpaired) electrons. The van der Waals surface area contributed by atoms with Crippen molar-refractivity contribution in [2.45, 2.75) is 11.4 Å². The summed E-state index contributed by atoms with van der Waals surface area (Å²) in [5.41, 5.74) is 8.81. The smallest absolute Gasteiger partial charge is 0.240 e. The predicted octanol–water partition coefficient (Wildman–Crippen LogP) is 5.14. The molecule has 40 heavy (non-hydrogen) atoms. The van der Waals surface area contributed by atoms with Crippen LogP contribution in [0.25, 0.3) is 11.3 Å². The summed E-state index contributed by atoms with van der Waals surface area (Å²) in [6, 6.07) is 28.4. The van der Waals surface area contributed by atoms with E-state index in [1.54, 1.807) is 36.5 Å². The number of hydrogen-bond acceptors (Lipinski definition) is 9. The Kier molecular flexibility index (Phi) is 7.85. The lowest BCUT2D eigenvalue weighted by Gasteiger charge is -2.11. The summed E-state index contributed by atoms with van der Waals surface area (Å²) < 4.78 is 39.0. The van der Waals surface area contributed by atoms with Crippen molar-refractivity contribution in [3.63, 3.8) is 0 Å². The van der Waals surface area contributed by atoms with Gasteiger partial charge in [-0.3, -0.25) is 4.98 Å². The number of anilines is 3. The van der Waals surface area contributed by atoms with Gasteiger partial charge in [0.25, 0.3) is 0 Å². The van der Waals surface area contributed by atoms with E-state index in [-0.39, 0.29) is 17.4 Å². The quantitative estimate of drug-likeness (QED) is 0.214. The van der Waals surface area contributed by atoms with E-state index in [4.69, 9.17) is 15.2 Å². The highest BCUT2D eigenvalue weighted by molar-refractivity contribution is 7.89. The monoisotopic (exact) mass is 554 g/mol. The Labute approximate surface area is 231 Å². The number of pyridine rings is 1. The first-order chi connectivity index (χ1) is 19.4. The number of aromatic nitrogens is 3. The maximum atomic E-state index is 12.7. The highest BCUT2D eigenvalue weighted by Gasteiger charge is 2.14. The van der Waals surface area contributed by atoms with Gasteiger partial charge in [-0.25, -0.2) is 18.1 Å². The predicted molar refractivity (Wildman–Crippen MR) is 153 cm³/mol. The standard InChI is InChI=1S/C29H26N6O4S/c1-38-23-10-12-26(13-11-23)40(36,37)32-19-22-17-25(14-15-31-22)39-24-9-5-8-21(16-24)33-28-18-27(34-29(30)35-28)20-6-3-2-4-7-20/h2-18,32H,19H2,1H3,(H3,30,33,34,35). The minimum absolute atomic E-state index is 0.00790. The zero-order chi connectivity index (χ0) is 28.0. The van der Waals surface area contributed by atoms with Crippen molar-refractivity contribution < 1.29 is 17.9 Å². The Morgan fingerprint density at radius 2 is 1.60 bits per heavy atom. The van der Waals surface area contributed by atoms with Crippen molar-refractivity contribution in [3.8, 4) is 28.5 Å². The van der Waals surface area contributed by atoms with E-state index in [1.165, 1.54) is 19.2 Å². The minimum atomic E-state index is -3.73. The van der Waals surface area contributed by atoms with E-state index < -0.39 is 10.0 Å². The molecule has 0 fully saturated rings. The molecule has 0 saturated carbocycles. The Morgan fingerprint density at radius 3 is 2.38 bits per heavy atom. The summed E-state index contributed by atoms with van der Waals surface area (Å²) in [6.07, 6.45) is 1.56. The molecule has 0 saturated heterocycles. The van der Waals surface area contributed by atoms with E-state index in [1.807, 2.05) is 54.6 Å². The number of hydrogen-bond donors (Lipinski definition) is 3. The molecule has 0 aliphatic carbocycles. The SMILES string of the molecule is COc1ccc(S(=O)(=O)NCc2cc(Oc3cccc(Nc4cc(-c5ccccc5)nc(N)n4)c3)ccn2)cc1. The molecule has 5 aromatic rings. The van der Waals surface area contributed by atoms with Gasteiger partial charge >= 0.3 is 0 Å². The van der Waals surface area contributed by atoms with E-state index in [0.717, 1.165) is 11.3 Å². The van der Waals surface area contributed by atoms with E-state index in [9.17, 15) is 8.42 Å². The summed E-state index contributed by atoms with van der Waals surface area (Å²) in [5.74, 6) is 2.33. The van der Waals surface area contributed by atoms with Crippen LogP contribution in [0.2, 0.25) is 0 Å². The van der Waals surface area contributed by atoms with E-state index in [2.05, 4.69) is 25.0 Å². The first kappa shape index (κ1) is 26.6. The second-order valence-corrected chi connectivity index (χ2v) is 10.4. The zero-order valence-electron chi connectivity index (χ0n) is 21.5. The Morgan fingerprint density at radius 1 is 0.825 bits per heavy atom. The van der Waals surface area contributed by atoms with Crippen molar-refractivity contribution in [3.05, 3.63) is 109 Å². The number of sulfonamides is 1. The van der Waals surface area contributed by atoms with Gasteiger partial charge in [0, 0.05) is 35.6 Å². The van der Waals surface area contributed by atoms with Crippen LogP contribution in [0.15, 0.2) is 108 Å². The van der Waals surface area contributed by atoms with Gasteiger partial charge < -0.3 is 20.5 Å². The van der Waals surface area contributed by atoms with Crippen LogP contribution >= 0.6 is 0 Å². The van der Waals surface area contributed by atoms with Gasteiger partial charge in [0.2, 0.25) is 16.0 Å². The van der Waals surface area contributed by atoms with E-state index >= 15 is 0 Å². The van der Waals surface area contributed by atoms with Crippen LogP contribution in [0.5, 0.6) is 17.2 Å². The van der Waals surface area contributed by atoms with Crippen molar-refractivity contribution in [1.82, 2.24) is 19.7 Å². The summed E-state index contributed by atoms with van der Waals surface area (Å²) in [4.78, 5) is 13.0. The molecule has 11 heteroatoms. The van der Waals surface area contributed by atoms with Gasteiger partial charge in [0.05, 0.1) is 29.9 Å². The second-order valence-electron chi connectivity index (χ2n) is 8.60. The van der Waals surface area contributed by atoms with Gasteiger partial charge in [0.15, 0.2) is 0 Å². The molecular formula is C29H26N6O4S. The highest BCUT2D eigenvalue weighted by atomic mass is 32.2. The fourth-order valence-electron chi connectivity index (χ4n) is 3.83. The number of methoxy groups -OCH3 is 1. The highest BCUT2D eigenvalue weighted by Crippen LogP contribution is 2.27. The minimum Gasteiger partial charge on any atom is -0.497 e. The van der Waals surface area contributed by atoms with Crippen LogP contribution < -0.4 is 25.2 Å². The molecule has 0 atom stereocenters. The first-order valence-corrected chi connectivity index (χ1v) is 13.7. The molecule has 0 amide bonds. The number of nitrogen functional groups attached to an aromatic ring is 1. The van der Waals surface area contributed by atoms with Crippen LogP contribution in [-0.4, -0.2) is 30.5 Å². The van der Waals surface area contributed by atoms with Gasteiger partial charge in [0.1, 0.15) is 23.1 Å². The van der Waals surface area contributed by atoms with Gasteiger partial charge in [-0.05, 0) is 42.5 Å². The fraction of sp³-hybridized carbons (Fsp3) is 0.0690. The van der Waals surface area contributed by atoms with Crippen LogP contribution in [0.1, 0.15) is 5.69 Å². The number of benzene rings is 3. The second kappa shape index (κ2) is 11.8. The summed E-state index contributed by atoms with van der Waals surface area (Å²) in [5, 5.41) is 3.24. The molecule has 4 N–H and O–H groups in total. The van der Waals surface area contributed by atoms with Crippen molar-refractivity contribution in [2.24, 2.45) is 0 Å². The van der Waals surface area contributed by atoms with Crippen LogP contribution in [0, 0.1) is 0 Å². The fourth-order valence-corrected chi connectivity index (χ4v) is 4.83. The van der Waals surface area contributed by atoms with E-state index in [0.29, 0.717) is 34.5 Å². The number of nitrogens with two attached hydrogens (primary N) is 1. The molecule has 0 aliphatic rings. The zero-order valence-corrected chi connectivity index (χ0v) is 22.3. The largest absolute Gasteiger partial charge is 0.497 e. The van der Waals surface area contributed by atoms with Crippen LogP contribution in [0.4, 0.5) is 17.5 Å². The van der Waals surface area contributed by atoms with Gasteiger partial charge in [-0.15, -0.1) is 0 Å². The van der Waals surface area contributed by atoms with Gasteiger partial charge in [-0.1, -0.05) is 36.4 Å². The maximum Gasteiger partial charge on any atom is 0.240 e. The molecule has 3 aromatic carbocycles. The topological polar surface area (TPSA) is 141 Å². The summed E-state index contributed by atoms with van der Waals surface area (Å²) in [7, 11) is -2.21. The molecule has 0 bridgehead atoms. The van der Waals surface area contributed by atoms with Gasteiger partial charge in [-0.2, -0.15) is 4.98 Å². The Balaban J connectivity index is 1.26. The summed E-state index contributed by atoms with van der Waals surface area (Å²) >= 11 is 0. The third kappa shape index (κ3) is 6.70.